The summed E-state index contributed by atoms with van der Waals surface area (Å²) in [6, 6.07) is 8.71. The number of carbonyl (C=O) groups excluding carboxylic acids is 1. The Bertz CT molecular complexity index is 367. The zero-order chi connectivity index (χ0) is 10.6. The van der Waals surface area contributed by atoms with Crippen LogP contribution in [0.1, 0.15) is 5.56 Å². The first-order chi connectivity index (χ1) is 6.63. The minimum absolute atomic E-state index is 0.420. The lowest BCUT2D eigenvalue weighted by molar-refractivity contribution is -0.124. The second-order valence-corrected chi connectivity index (χ2v) is 3.34. The molecule has 0 heterocycles. The second-order valence-electron chi connectivity index (χ2n) is 2.90. The van der Waals surface area contributed by atoms with Crippen LogP contribution in [0.3, 0.4) is 0 Å². The van der Waals surface area contributed by atoms with Crippen molar-refractivity contribution in [2.24, 2.45) is 0 Å². The fourth-order valence-electron chi connectivity index (χ4n) is 1.02. The molecular weight excluding hydrogens is 200 g/mol. The summed E-state index contributed by atoms with van der Waals surface area (Å²) < 4.78 is 0. The van der Waals surface area contributed by atoms with Crippen LogP contribution in [0.25, 0.3) is 0 Å². The van der Waals surface area contributed by atoms with E-state index in [1.807, 2.05) is 12.1 Å². The molecule has 72 valence electrons. The van der Waals surface area contributed by atoms with Gasteiger partial charge < -0.3 is 4.90 Å². The van der Waals surface area contributed by atoms with Gasteiger partial charge in [0.05, 0.1) is 0 Å². The van der Waals surface area contributed by atoms with Gasteiger partial charge in [0.2, 0.25) is 0 Å². The average molecular weight is 209 g/mol. The molecule has 0 spiro atoms. The molecule has 0 aromatic heterocycles. The number of rotatable bonds is 2. The summed E-state index contributed by atoms with van der Waals surface area (Å²) in [5, 5.41) is 9.02. The number of benzene rings is 1. The van der Waals surface area contributed by atoms with E-state index < -0.39 is 5.91 Å². The molecule has 0 aliphatic rings. The lowest BCUT2D eigenvalue weighted by Gasteiger charge is -2.12. The Morgan fingerprint density at radius 1 is 1.50 bits per heavy atom. The third kappa shape index (κ3) is 2.75. The molecule has 1 amide bonds. The Hall–Kier alpha value is -1.53. The summed E-state index contributed by atoms with van der Waals surface area (Å²) in [4.78, 5) is 12.3. The van der Waals surface area contributed by atoms with Crippen LogP contribution >= 0.6 is 11.6 Å². The highest BCUT2D eigenvalue weighted by Crippen LogP contribution is 2.10. The van der Waals surface area contributed by atoms with Crippen LogP contribution in [0, 0.1) is 11.3 Å². The van der Waals surface area contributed by atoms with Gasteiger partial charge in [-0.15, -0.1) is 0 Å². The van der Waals surface area contributed by atoms with Gasteiger partial charge in [0.25, 0.3) is 0 Å². The van der Waals surface area contributed by atoms with Crippen LogP contribution in [0.2, 0.25) is 5.02 Å². The lowest BCUT2D eigenvalue weighted by Crippen LogP contribution is -2.24. The predicted molar refractivity (Wildman–Crippen MR) is 53.5 cm³/mol. The van der Waals surface area contributed by atoms with Gasteiger partial charge in [-0.05, 0) is 17.7 Å². The molecule has 3 nitrogen and oxygen atoms in total. The topological polar surface area (TPSA) is 44.1 Å². The standard InChI is InChI=1S/C10H9ClN2O/c1-13(10(14)6-12)7-8-2-4-9(11)5-3-8/h2-5H,7H2,1H3. The van der Waals surface area contributed by atoms with Crippen molar-refractivity contribution in [3.05, 3.63) is 34.9 Å². The van der Waals surface area contributed by atoms with Crippen molar-refractivity contribution in [2.45, 2.75) is 6.54 Å². The van der Waals surface area contributed by atoms with E-state index in [9.17, 15) is 4.79 Å². The molecular formula is C10H9ClN2O. The van der Waals surface area contributed by atoms with Crippen LogP contribution in [0.4, 0.5) is 0 Å². The normalized spacial score (nSPS) is 9.21. The molecule has 0 unspecified atom stereocenters. The molecule has 1 aromatic rings. The number of nitrogens with zero attached hydrogens (tertiary/aromatic N) is 2. The van der Waals surface area contributed by atoms with Crippen molar-refractivity contribution in [3.8, 4) is 6.07 Å². The maximum absolute atomic E-state index is 10.9. The summed E-state index contributed by atoms with van der Waals surface area (Å²) in [5.41, 5.74) is 0.945. The van der Waals surface area contributed by atoms with Gasteiger partial charge in [-0.3, -0.25) is 4.79 Å². The number of hydrogen-bond acceptors (Lipinski definition) is 2. The summed E-state index contributed by atoms with van der Waals surface area (Å²) in [6.07, 6.45) is 0. The van der Waals surface area contributed by atoms with E-state index in [0.717, 1.165) is 5.56 Å². The van der Waals surface area contributed by atoms with Crippen LogP contribution in [0.15, 0.2) is 24.3 Å². The zero-order valence-electron chi connectivity index (χ0n) is 7.70. The van der Waals surface area contributed by atoms with E-state index in [4.69, 9.17) is 16.9 Å². The fraction of sp³-hybridized carbons (Fsp3) is 0.200. The van der Waals surface area contributed by atoms with E-state index >= 15 is 0 Å². The Morgan fingerprint density at radius 2 is 2.07 bits per heavy atom. The van der Waals surface area contributed by atoms with Crippen LogP contribution in [-0.2, 0) is 11.3 Å². The van der Waals surface area contributed by atoms with Gasteiger partial charge in [0.15, 0.2) is 6.07 Å². The quantitative estimate of drug-likeness (QED) is 0.696. The summed E-state index contributed by atoms with van der Waals surface area (Å²) in [7, 11) is 1.58. The Labute approximate surface area is 87.5 Å². The minimum Gasteiger partial charge on any atom is -0.329 e. The van der Waals surface area contributed by atoms with E-state index in [2.05, 4.69) is 0 Å². The van der Waals surface area contributed by atoms with Crippen LogP contribution < -0.4 is 0 Å². The molecule has 0 aliphatic carbocycles. The Morgan fingerprint density at radius 3 is 2.57 bits per heavy atom. The molecule has 0 saturated carbocycles. The molecule has 0 N–H and O–H groups in total. The summed E-state index contributed by atoms with van der Waals surface area (Å²) in [5.74, 6) is -0.542. The van der Waals surface area contributed by atoms with Crippen molar-refractivity contribution in [3.63, 3.8) is 0 Å². The van der Waals surface area contributed by atoms with E-state index in [1.54, 1.807) is 25.2 Å². The highest BCUT2D eigenvalue weighted by atomic mass is 35.5. The third-order valence-corrected chi connectivity index (χ3v) is 2.03. The fourth-order valence-corrected chi connectivity index (χ4v) is 1.15. The smallest absolute Gasteiger partial charge is 0.325 e. The maximum Gasteiger partial charge on any atom is 0.325 e. The monoisotopic (exact) mass is 208 g/mol. The molecule has 0 fully saturated rings. The molecule has 1 aromatic carbocycles. The third-order valence-electron chi connectivity index (χ3n) is 1.78. The first-order valence-electron chi connectivity index (χ1n) is 4.03. The molecule has 14 heavy (non-hydrogen) atoms. The van der Waals surface area contributed by atoms with E-state index in [1.165, 1.54) is 4.90 Å². The van der Waals surface area contributed by atoms with Crippen molar-refractivity contribution in [1.82, 2.24) is 4.90 Å². The summed E-state index contributed by atoms with van der Waals surface area (Å²) in [6.45, 7) is 0.420. The summed E-state index contributed by atoms with van der Waals surface area (Å²) >= 11 is 5.71. The Kier molecular flexibility index (Phi) is 3.49. The first kappa shape index (κ1) is 10.6. The van der Waals surface area contributed by atoms with Crippen molar-refractivity contribution in [2.75, 3.05) is 7.05 Å². The lowest BCUT2D eigenvalue weighted by atomic mass is 10.2. The number of carbonyl (C=O) groups is 1. The highest BCUT2D eigenvalue weighted by molar-refractivity contribution is 6.30. The number of halogens is 1. The van der Waals surface area contributed by atoms with Gasteiger partial charge in [0.1, 0.15) is 0 Å². The van der Waals surface area contributed by atoms with E-state index in [0.29, 0.717) is 11.6 Å². The predicted octanol–water partition coefficient (Wildman–Crippen LogP) is 1.82. The van der Waals surface area contributed by atoms with Gasteiger partial charge in [0, 0.05) is 18.6 Å². The number of nitriles is 1. The van der Waals surface area contributed by atoms with Gasteiger partial charge in [-0.1, -0.05) is 23.7 Å². The zero-order valence-corrected chi connectivity index (χ0v) is 8.45. The van der Waals surface area contributed by atoms with Crippen LogP contribution in [-0.4, -0.2) is 17.9 Å². The minimum atomic E-state index is -0.542. The number of amides is 1. The van der Waals surface area contributed by atoms with Crippen LogP contribution in [0.5, 0.6) is 0 Å². The van der Waals surface area contributed by atoms with Crippen molar-refractivity contribution >= 4 is 17.5 Å². The molecule has 0 saturated heterocycles. The molecule has 1 rings (SSSR count). The average Bonchev–Trinajstić information content (AvgIpc) is 2.20. The van der Waals surface area contributed by atoms with Gasteiger partial charge in [-0.25, -0.2) is 0 Å². The molecule has 4 heteroatoms. The highest BCUT2D eigenvalue weighted by Gasteiger charge is 2.06. The Balaban J connectivity index is 2.66. The van der Waals surface area contributed by atoms with Crippen molar-refractivity contribution < 1.29 is 4.79 Å². The molecule has 0 aliphatic heterocycles. The first-order valence-corrected chi connectivity index (χ1v) is 4.41. The maximum atomic E-state index is 10.9. The molecule has 0 radical (unpaired) electrons. The SMILES string of the molecule is CN(Cc1ccc(Cl)cc1)C(=O)C#N. The van der Waals surface area contributed by atoms with E-state index in [-0.39, 0.29) is 0 Å². The van der Waals surface area contributed by atoms with Crippen molar-refractivity contribution in [1.29, 1.82) is 5.26 Å². The molecule has 0 atom stereocenters. The second kappa shape index (κ2) is 4.64. The molecule has 0 bridgehead atoms. The van der Waals surface area contributed by atoms with Gasteiger partial charge in [-0.2, -0.15) is 5.26 Å². The largest absolute Gasteiger partial charge is 0.329 e. The number of hydrogen-bond donors (Lipinski definition) is 0. The van der Waals surface area contributed by atoms with Gasteiger partial charge >= 0.3 is 5.91 Å².